The van der Waals surface area contributed by atoms with Gasteiger partial charge in [0, 0.05) is 12.7 Å². The highest BCUT2D eigenvalue weighted by atomic mass is 16.4. The summed E-state index contributed by atoms with van der Waals surface area (Å²) in [5.74, 6) is -1.15. The first-order chi connectivity index (χ1) is 9.25. The number of aliphatic carboxylic acids is 1. The van der Waals surface area contributed by atoms with Gasteiger partial charge in [-0.05, 0) is 37.7 Å². The highest BCUT2D eigenvalue weighted by Crippen LogP contribution is 2.39. The quantitative estimate of drug-likeness (QED) is 0.856. The van der Waals surface area contributed by atoms with Crippen LogP contribution in [0.1, 0.15) is 55.7 Å². The largest absolute Gasteiger partial charge is 0.480 e. The van der Waals surface area contributed by atoms with Crippen molar-refractivity contribution in [1.82, 2.24) is 15.1 Å². The van der Waals surface area contributed by atoms with Crippen LogP contribution in [-0.4, -0.2) is 32.3 Å². The van der Waals surface area contributed by atoms with E-state index in [2.05, 4.69) is 10.4 Å². The third kappa shape index (κ3) is 2.55. The van der Waals surface area contributed by atoms with Gasteiger partial charge in [0.25, 0.3) is 5.91 Å². The standard InChI is InChI=1S/C14H21N3O3/c1-8(2)11-7-10(16-17(11)4)12(18)15-14(3,13(19)20)9-5-6-9/h7-9H,5-6H2,1-4H3,(H,15,18)(H,19,20). The van der Waals surface area contributed by atoms with Gasteiger partial charge in [-0.25, -0.2) is 4.79 Å². The first-order valence-electron chi connectivity index (χ1n) is 6.85. The zero-order valence-electron chi connectivity index (χ0n) is 12.3. The smallest absolute Gasteiger partial charge is 0.329 e. The SMILES string of the molecule is CC(C)c1cc(C(=O)NC(C)(C(=O)O)C2CC2)nn1C. The summed E-state index contributed by atoms with van der Waals surface area (Å²) in [5, 5.41) is 16.1. The van der Waals surface area contributed by atoms with E-state index in [-0.39, 0.29) is 17.5 Å². The molecule has 0 bridgehead atoms. The molecule has 0 saturated heterocycles. The molecule has 0 aromatic carbocycles. The highest BCUT2D eigenvalue weighted by Gasteiger charge is 2.48. The zero-order chi connectivity index (χ0) is 15.1. The molecule has 1 aliphatic carbocycles. The lowest BCUT2D eigenvalue weighted by molar-refractivity contribution is -0.144. The maximum Gasteiger partial charge on any atom is 0.329 e. The fraction of sp³-hybridized carbons (Fsp3) is 0.643. The maximum atomic E-state index is 12.2. The van der Waals surface area contributed by atoms with Crippen LogP contribution in [0.3, 0.4) is 0 Å². The van der Waals surface area contributed by atoms with Crippen LogP contribution in [-0.2, 0) is 11.8 Å². The average molecular weight is 279 g/mol. The third-order valence-corrected chi connectivity index (χ3v) is 3.95. The Morgan fingerprint density at radius 1 is 1.50 bits per heavy atom. The molecule has 1 aromatic rings. The molecule has 0 spiro atoms. The van der Waals surface area contributed by atoms with Crippen molar-refractivity contribution in [3.05, 3.63) is 17.5 Å². The van der Waals surface area contributed by atoms with Crippen LogP contribution < -0.4 is 5.32 Å². The van der Waals surface area contributed by atoms with Crippen LogP contribution in [0.25, 0.3) is 0 Å². The van der Waals surface area contributed by atoms with E-state index in [1.165, 1.54) is 0 Å². The van der Waals surface area contributed by atoms with Gasteiger partial charge < -0.3 is 10.4 Å². The van der Waals surface area contributed by atoms with Crippen molar-refractivity contribution in [3.8, 4) is 0 Å². The maximum absolute atomic E-state index is 12.2. The summed E-state index contributed by atoms with van der Waals surface area (Å²) in [6.07, 6.45) is 1.67. The molecule has 0 aliphatic heterocycles. The van der Waals surface area contributed by atoms with Gasteiger partial charge in [0.05, 0.1) is 0 Å². The molecule has 1 fully saturated rings. The van der Waals surface area contributed by atoms with Crippen molar-refractivity contribution >= 4 is 11.9 Å². The molecule has 1 amide bonds. The number of carbonyl (C=O) groups is 2. The Bertz CT molecular complexity index is 546. The first kappa shape index (κ1) is 14.6. The Kier molecular flexibility index (Phi) is 3.58. The van der Waals surface area contributed by atoms with Gasteiger partial charge >= 0.3 is 5.97 Å². The minimum absolute atomic E-state index is 0.0113. The van der Waals surface area contributed by atoms with E-state index in [9.17, 15) is 14.7 Å². The molecule has 6 heteroatoms. The lowest BCUT2D eigenvalue weighted by Gasteiger charge is -2.25. The van der Waals surface area contributed by atoms with Crippen LogP contribution in [0.5, 0.6) is 0 Å². The van der Waals surface area contributed by atoms with Crippen LogP contribution in [0, 0.1) is 5.92 Å². The van der Waals surface area contributed by atoms with Crippen molar-refractivity contribution in [1.29, 1.82) is 0 Å². The summed E-state index contributed by atoms with van der Waals surface area (Å²) in [5.41, 5.74) is 0.00925. The van der Waals surface area contributed by atoms with E-state index in [0.717, 1.165) is 18.5 Å². The predicted molar refractivity (Wildman–Crippen MR) is 73.5 cm³/mol. The second-order valence-corrected chi connectivity index (χ2v) is 5.97. The van der Waals surface area contributed by atoms with Crippen molar-refractivity contribution in [2.24, 2.45) is 13.0 Å². The Balaban J connectivity index is 2.19. The number of aryl methyl sites for hydroxylation is 1. The molecule has 0 radical (unpaired) electrons. The molecule has 6 nitrogen and oxygen atoms in total. The van der Waals surface area contributed by atoms with Gasteiger partial charge in [-0.2, -0.15) is 5.10 Å². The number of carbonyl (C=O) groups excluding carboxylic acids is 1. The molecule has 1 saturated carbocycles. The lowest BCUT2D eigenvalue weighted by Crippen LogP contribution is -2.54. The van der Waals surface area contributed by atoms with Gasteiger partial charge in [-0.1, -0.05) is 13.8 Å². The van der Waals surface area contributed by atoms with Crippen molar-refractivity contribution in [3.63, 3.8) is 0 Å². The normalized spacial score (nSPS) is 17.9. The number of aromatic nitrogens is 2. The van der Waals surface area contributed by atoms with E-state index in [0.29, 0.717) is 0 Å². The van der Waals surface area contributed by atoms with Crippen molar-refractivity contribution in [2.45, 2.75) is 45.1 Å². The van der Waals surface area contributed by atoms with Gasteiger partial charge in [0.2, 0.25) is 0 Å². The topological polar surface area (TPSA) is 84.2 Å². The van der Waals surface area contributed by atoms with E-state index in [4.69, 9.17) is 0 Å². The molecule has 1 atom stereocenters. The predicted octanol–water partition coefficient (Wildman–Crippen LogP) is 1.53. The molecule has 2 N–H and O–H groups in total. The lowest BCUT2D eigenvalue weighted by atomic mass is 9.95. The Labute approximate surface area is 118 Å². The molecule has 1 unspecified atom stereocenters. The minimum Gasteiger partial charge on any atom is -0.480 e. The first-order valence-corrected chi connectivity index (χ1v) is 6.85. The second-order valence-electron chi connectivity index (χ2n) is 5.97. The Morgan fingerprint density at radius 3 is 2.50 bits per heavy atom. The van der Waals surface area contributed by atoms with Crippen molar-refractivity contribution in [2.75, 3.05) is 0 Å². The van der Waals surface area contributed by atoms with Crippen LogP contribution in [0.4, 0.5) is 0 Å². The number of nitrogens with one attached hydrogen (secondary N) is 1. The number of hydrogen-bond donors (Lipinski definition) is 2. The summed E-state index contributed by atoms with van der Waals surface area (Å²) in [6, 6.07) is 1.72. The van der Waals surface area contributed by atoms with Gasteiger partial charge in [-0.3, -0.25) is 9.48 Å². The molecular weight excluding hydrogens is 258 g/mol. The Hall–Kier alpha value is -1.85. The monoisotopic (exact) mass is 279 g/mol. The molecule has 2 rings (SSSR count). The average Bonchev–Trinajstić information content (AvgIpc) is 3.12. The van der Waals surface area contributed by atoms with Gasteiger partial charge in [-0.15, -0.1) is 0 Å². The zero-order valence-corrected chi connectivity index (χ0v) is 12.3. The van der Waals surface area contributed by atoms with Gasteiger partial charge in [0.15, 0.2) is 0 Å². The number of amides is 1. The molecule has 1 heterocycles. The second kappa shape index (κ2) is 4.92. The van der Waals surface area contributed by atoms with Crippen LogP contribution >= 0.6 is 0 Å². The molecule has 1 aliphatic rings. The summed E-state index contributed by atoms with van der Waals surface area (Å²) >= 11 is 0. The third-order valence-electron chi connectivity index (χ3n) is 3.95. The highest BCUT2D eigenvalue weighted by molar-refractivity contribution is 5.96. The minimum atomic E-state index is -1.20. The van der Waals surface area contributed by atoms with E-state index in [1.807, 2.05) is 13.8 Å². The Morgan fingerprint density at radius 2 is 2.10 bits per heavy atom. The summed E-state index contributed by atoms with van der Waals surface area (Å²) < 4.78 is 1.66. The van der Waals surface area contributed by atoms with E-state index >= 15 is 0 Å². The number of hydrogen-bond acceptors (Lipinski definition) is 3. The van der Waals surface area contributed by atoms with Crippen molar-refractivity contribution < 1.29 is 14.7 Å². The molecular formula is C14H21N3O3. The molecule has 1 aromatic heterocycles. The van der Waals surface area contributed by atoms with E-state index < -0.39 is 17.4 Å². The van der Waals surface area contributed by atoms with Crippen LogP contribution in [0.2, 0.25) is 0 Å². The molecule has 110 valence electrons. The van der Waals surface area contributed by atoms with Gasteiger partial charge in [0.1, 0.15) is 11.2 Å². The number of carboxylic acids is 1. The number of rotatable bonds is 5. The fourth-order valence-corrected chi connectivity index (χ4v) is 2.42. The molecule has 20 heavy (non-hydrogen) atoms. The summed E-state index contributed by atoms with van der Waals surface area (Å²) in [7, 11) is 1.78. The summed E-state index contributed by atoms with van der Waals surface area (Å²) in [4.78, 5) is 23.6. The van der Waals surface area contributed by atoms with Crippen LogP contribution in [0.15, 0.2) is 6.07 Å². The number of carboxylic acid groups (broad SMARTS) is 1. The van der Waals surface area contributed by atoms with E-state index in [1.54, 1.807) is 24.7 Å². The number of nitrogens with zero attached hydrogens (tertiary/aromatic N) is 2. The summed E-state index contributed by atoms with van der Waals surface area (Å²) in [6.45, 7) is 5.60. The fourth-order valence-electron chi connectivity index (χ4n) is 2.42.